The lowest BCUT2D eigenvalue weighted by atomic mass is 9.96. The molecule has 0 unspecified atom stereocenters. The van der Waals surface area contributed by atoms with Crippen LogP contribution < -0.4 is 0 Å². The van der Waals surface area contributed by atoms with Crippen LogP contribution in [-0.2, 0) is 11.2 Å². The number of unbranched alkanes of at least 4 members (excludes halogenated alkanes) is 8. The topological polar surface area (TPSA) is 70.2 Å². The maximum atomic E-state index is 13.5. The first kappa shape index (κ1) is 26.9. The maximum Gasteiger partial charge on any atom is 0.303 e. The van der Waals surface area contributed by atoms with Crippen molar-refractivity contribution in [2.24, 2.45) is 0 Å². The van der Waals surface area contributed by atoms with Gasteiger partial charge in [-0.1, -0.05) is 89.0 Å². The molecule has 0 aliphatic rings. The summed E-state index contributed by atoms with van der Waals surface area (Å²) in [5, 5.41) is 9.95. The number of carbonyl (C=O) groups is 2. The second kappa shape index (κ2) is 15.5. The van der Waals surface area contributed by atoms with Gasteiger partial charge in [0.1, 0.15) is 0 Å². The molecule has 1 aromatic heterocycles. The Morgan fingerprint density at radius 3 is 2.03 bits per heavy atom. The Balaban J connectivity index is 2.18. The second-order valence-electron chi connectivity index (χ2n) is 9.27. The predicted octanol–water partition coefficient (Wildman–Crippen LogP) is 8.41. The van der Waals surface area contributed by atoms with Gasteiger partial charge in [-0.2, -0.15) is 0 Å². The van der Waals surface area contributed by atoms with Gasteiger partial charge in [-0.05, 0) is 50.7 Å². The molecule has 4 nitrogen and oxygen atoms in total. The fourth-order valence-corrected chi connectivity index (χ4v) is 4.52. The quantitative estimate of drug-likeness (QED) is 0.135. The van der Waals surface area contributed by atoms with E-state index in [1.54, 1.807) is 0 Å². The molecule has 0 bridgehead atoms. The Hall–Kier alpha value is -2.36. The van der Waals surface area contributed by atoms with Crippen molar-refractivity contribution >= 4 is 22.7 Å². The van der Waals surface area contributed by atoms with Gasteiger partial charge in [0.05, 0.1) is 5.56 Å². The molecular formula is C29H43NO3. The van der Waals surface area contributed by atoms with Gasteiger partial charge in [0, 0.05) is 23.0 Å². The number of aromatic amines is 1. The van der Waals surface area contributed by atoms with E-state index in [0.717, 1.165) is 47.8 Å². The number of carboxylic acid groups (broad SMARTS) is 1. The maximum absolute atomic E-state index is 13.5. The van der Waals surface area contributed by atoms with E-state index in [-0.39, 0.29) is 12.2 Å². The van der Waals surface area contributed by atoms with E-state index >= 15 is 0 Å². The summed E-state index contributed by atoms with van der Waals surface area (Å²) in [6.45, 7) is 4.46. The summed E-state index contributed by atoms with van der Waals surface area (Å²) < 4.78 is 0. The third-order valence-electron chi connectivity index (χ3n) is 6.39. The molecule has 0 saturated heterocycles. The van der Waals surface area contributed by atoms with E-state index in [1.165, 1.54) is 56.9 Å². The van der Waals surface area contributed by atoms with Crippen LogP contribution in [0.15, 0.2) is 35.9 Å². The van der Waals surface area contributed by atoms with Crippen LogP contribution in [0.25, 0.3) is 10.9 Å². The van der Waals surface area contributed by atoms with Crippen molar-refractivity contribution in [2.45, 2.75) is 110 Å². The van der Waals surface area contributed by atoms with E-state index in [0.29, 0.717) is 12.8 Å². The molecule has 0 radical (unpaired) electrons. The standard InChI is InChI=1S/C29H43NO3/c1-3-5-7-9-11-16-23(17-12-10-8-6-4-2)22-27(31)29-24-18-13-14-19-25(24)30-26(29)20-15-21-28(32)33/h13-14,18-19,22,30H,3-12,15-17,20-21H2,1-2H3,(H,32,33). The van der Waals surface area contributed by atoms with Crippen molar-refractivity contribution in [1.29, 1.82) is 0 Å². The monoisotopic (exact) mass is 453 g/mol. The number of hydrogen-bond acceptors (Lipinski definition) is 2. The second-order valence-corrected chi connectivity index (χ2v) is 9.27. The van der Waals surface area contributed by atoms with Crippen molar-refractivity contribution in [3.63, 3.8) is 0 Å². The van der Waals surface area contributed by atoms with Crippen LogP contribution in [0, 0.1) is 0 Å². The summed E-state index contributed by atoms with van der Waals surface area (Å²) in [5.74, 6) is -0.734. The lowest BCUT2D eigenvalue weighted by molar-refractivity contribution is -0.137. The number of rotatable bonds is 18. The molecule has 182 valence electrons. The lowest BCUT2D eigenvalue weighted by Crippen LogP contribution is -2.03. The fourth-order valence-electron chi connectivity index (χ4n) is 4.52. The van der Waals surface area contributed by atoms with Crippen LogP contribution in [-0.4, -0.2) is 21.8 Å². The summed E-state index contributed by atoms with van der Waals surface area (Å²) in [6, 6.07) is 7.89. The highest BCUT2D eigenvalue weighted by atomic mass is 16.4. The van der Waals surface area contributed by atoms with E-state index < -0.39 is 5.97 Å². The molecule has 0 aliphatic heterocycles. The number of carboxylic acids is 1. The van der Waals surface area contributed by atoms with Gasteiger partial charge in [-0.25, -0.2) is 0 Å². The minimum atomic E-state index is -0.799. The van der Waals surface area contributed by atoms with E-state index in [4.69, 9.17) is 5.11 Å². The van der Waals surface area contributed by atoms with Crippen molar-refractivity contribution in [3.8, 4) is 0 Å². The summed E-state index contributed by atoms with van der Waals surface area (Å²) in [7, 11) is 0. The molecule has 0 atom stereocenters. The van der Waals surface area contributed by atoms with Crippen LogP contribution in [0.5, 0.6) is 0 Å². The van der Waals surface area contributed by atoms with Gasteiger partial charge < -0.3 is 10.1 Å². The first-order valence-corrected chi connectivity index (χ1v) is 13.1. The van der Waals surface area contributed by atoms with Crippen molar-refractivity contribution < 1.29 is 14.7 Å². The number of hydrogen-bond donors (Lipinski definition) is 2. The summed E-state index contributed by atoms with van der Waals surface area (Å²) in [5.41, 5.74) is 3.81. The Kier molecular flexibility index (Phi) is 12.6. The molecule has 33 heavy (non-hydrogen) atoms. The largest absolute Gasteiger partial charge is 0.481 e. The van der Waals surface area contributed by atoms with Gasteiger partial charge in [0.15, 0.2) is 5.78 Å². The number of nitrogens with one attached hydrogen (secondary N) is 1. The average Bonchev–Trinajstić information content (AvgIpc) is 3.16. The third kappa shape index (κ3) is 9.57. The number of ketones is 1. The first-order chi connectivity index (χ1) is 16.1. The molecule has 0 aliphatic carbocycles. The molecule has 2 N–H and O–H groups in total. The van der Waals surface area contributed by atoms with Crippen LogP contribution in [0.1, 0.15) is 120 Å². The smallest absolute Gasteiger partial charge is 0.303 e. The van der Waals surface area contributed by atoms with E-state index in [9.17, 15) is 9.59 Å². The Bertz CT molecular complexity index is 877. The SMILES string of the molecule is CCCCCCCC(=CC(=O)c1c(CCCC(=O)O)[nH]c2ccccc12)CCCCCCC. The van der Waals surface area contributed by atoms with Gasteiger partial charge in [-0.15, -0.1) is 0 Å². The van der Waals surface area contributed by atoms with Crippen molar-refractivity contribution in [2.75, 3.05) is 0 Å². The molecule has 2 rings (SSSR count). The van der Waals surface area contributed by atoms with Gasteiger partial charge in [0.25, 0.3) is 0 Å². The zero-order valence-corrected chi connectivity index (χ0v) is 20.8. The highest BCUT2D eigenvalue weighted by molar-refractivity contribution is 6.14. The average molecular weight is 454 g/mol. The fraction of sp³-hybridized carbons (Fsp3) is 0.586. The molecule has 1 heterocycles. The molecule has 2 aromatic rings. The highest BCUT2D eigenvalue weighted by Crippen LogP contribution is 2.26. The number of aryl methyl sites for hydroxylation is 1. The summed E-state index contributed by atoms with van der Waals surface area (Å²) >= 11 is 0. The minimum Gasteiger partial charge on any atom is -0.481 e. The molecule has 4 heteroatoms. The molecule has 0 saturated carbocycles. The van der Waals surface area contributed by atoms with Crippen LogP contribution in [0.2, 0.25) is 0 Å². The van der Waals surface area contributed by atoms with Crippen LogP contribution >= 0.6 is 0 Å². The molecule has 0 amide bonds. The van der Waals surface area contributed by atoms with Crippen LogP contribution in [0.3, 0.4) is 0 Å². The van der Waals surface area contributed by atoms with Gasteiger partial charge in [0.2, 0.25) is 0 Å². The summed E-state index contributed by atoms with van der Waals surface area (Å²) in [6.07, 6.45) is 17.4. The molecule has 0 spiro atoms. The predicted molar refractivity (Wildman–Crippen MR) is 138 cm³/mol. The van der Waals surface area contributed by atoms with E-state index in [2.05, 4.69) is 18.8 Å². The van der Waals surface area contributed by atoms with Gasteiger partial charge in [-0.3, -0.25) is 9.59 Å². The normalized spacial score (nSPS) is 11.1. The Morgan fingerprint density at radius 1 is 0.818 bits per heavy atom. The number of aromatic nitrogens is 1. The minimum absolute atomic E-state index is 0.0647. The molecule has 0 fully saturated rings. The number of allylic oxidation sites excluding steroid dienone is 2. The molecular weight excluding hydrogens is 410 g/mol. The zero-order chi connectivity index (χ0) is 23.9. The van der Waals surface area contributed by atoms with Gasteiger partial charge >= 0.3 is 5.97 Å². The van der Waals surface area contributed by atoms with E-state index in [1.807, 2.05) is 30.3 Å². The number of aliphatic carboxylic acids is 1. The third-order valence-corrected chi connectivity index (χ3v) is 6.39. The van der Waals surface area contributed by atoms with Crippen molar-refractivity contribution in [1.82, 2.24) is 4.98 Å². The number of carbonyl (C=O) groups excluding carboxylic acids is 1. The number of fused-ring (bicyclic) bond motifs is 1. The molecule has 1 aromatic carbocycles. The van der Waals surface area contributed by atoms with Crippen LogP contribution in [0.4, 0.5) is 0 Å². The lowest BCUT2D eigenvalue weighted by Gasteiger charge is -2.09. The Morgan fingerprint density at radius 2 is 1.42 bits per heavy atom. The zero-order valence-electron chi connectivity index (χ0n) is 20.8. The first-order valence-electron chi connectivity index (χ1n) is 13.1. The number of H-pyrrole nitrogens is 1. The number of para-hydroxylation sites is 1. The highest BCUT2D eigenvalue weighted by Gasteiger charge is 2.17. The Labute approximate surface area is 199 Å². The summed E-state index contributed by atoms with van der Waals surface area (Å²) in [4.78, 5) is 27.9. The number of benzene rings is 1. The van der Waals surface area contributed by atoms with Crippen molar-refractivity contribution in [3.05, 3.63) is 47.2 Å².